The highest BCUT2D eigenvalue weighted by molar-refractivity contribution is 5.84. The van der Waals surface area contributed by atoms with Gasteiger partial charge < -0.3 is 14.6 Å². The Kier molecular flexibility index (Phi) is 5.77. The maximum absolute atomic E-state index is 8.54. The third-order valence-corrected chi connectivity index (χ3v) is 5.07. The Morgan fingerprint density at radius 1 is 1.33 bits per heavy atom. The molecule has 0 saturated carbocycles. The van der Waals surface area contributed by atoms with Crippen molar-refractivity contribution >= 4 is 10.9 Å². The van der Waals surface area contributed by atoms with Gasteiger partial charge in [0, 0.05) is 29.6 Å². The van der Waals surface area contributed by atoms with Gasteiger partial charge in [0.1, 0.15) is 5.75 Å². The summed E-state index contributed by atoms with van der Waals surface area (Å²) in [4.78, 5) is 5.86. The summed E-state index contributed by atoms with van der Waals surface area (Å²) in [7, 11) is 2.23. The van der Waals surface area contributed by atoms with Crippen molar-refractivity contribution in [3.05, 3.63) is 30.0 Å². The standard InChI is InChI=1S/C20H27N3O/c1-23-11-6-7-17(23)13-16-15-22-20-9-8-18(14-19(16)20)24-12-5-3-2-4-10-21/h8-9,14-15,17,22H,2-7,11-13H2,1H3. The number of aromatic nitrogens is 1. The Hall–Kier alpha value is -1.99. The molecule has 0 radical (unpaired) electrons. The fourth-order valence-electron chi connectivity index (χ4n) is 3.58. The summed E-state index contributed by atoms with van der Waals surface area (Å²) in [5.41, 5.74) is 2.58. The maximum Gasteiger partial charge on any atom is 0.120 e. The topological polar surface area (TPSA) is 52.0 Å². The number of unbranched alkanes of at least 4 members (excludes halogenated alkanes) is 3. The van der Waals surface area contributed by atoms with Crippen molar-refractivity contribution in [2.24, 2.45) is 0 Å². The zero-order valence-electron chi connectivity index (χ0n) is 14.6. The molecule has 2 heterocycles. The van der Waals surface area contributed by atoms with Crippen LogP contribution in [0.3, 0.4) is 0 Å². The van der Waals surface area contributed by atoms with Crippen molar-refractivity contribution < 1.29 is 4.74 Å². The summed E-state index contributed by atoms with van der Waals surface area (Å²) in [6.45, 7) is 1.94. The van der Waals surface area contributed by atoms with Gasteiger partial charge in [-0.2, -0.15) is 5.26 Å². The molecule has 0 spiro atoms. The van der Waals surface area contributed by atoms with E-state index in [-0.39, 0.29) is 0 Å². The lowest BCUT2D eigenvalue weighted by Crippen LogP contribution is -2.26. The lowest BCUT2D eigenvalue weighted by Gasteiger charge is -2.18. The van der Waals surface area contributed by atoms with Crippen LogP contribution in [-0.2, 0) is 6.42 Å². The van der Waals surface area contributed by atoms with Gasteiger partial charge in [-0.25, -0.2) is 0 Å². The van der Waals surface area contributed by atoms with Crippen molar-refractivity contribution in [1.82, 2.24) is 9.88 Å². The molecule has 24 heavy (non-hydrogen) atoms. The number of fused-ring (bicyclic) bond motifs is 1. The van der Waals surface area contributed by atoms with Gasteiger partial charge in [0.25, 0.3) is 0 Å². The van der Waals surface area contributed by atoms with Crippen LogP contribution in [0.4, 0.5) is 0 Å². The van der Waals surface area contributed by atoms with Crippen LogP contribution in [0.2, 0.25) is 0 Å². The summed E-state index contributed by atoms with van der Waals surface area (Å²) in [6.07, 6.45) is 9.54. The number of aromatic amines is 1. The monoisotopic (exact) mass is 325 g/mol. The SMILES string of the molecule is CN1CCCC1Cc1c[nH]c2ccc(OCCCCCC#N)cc12. The van der Waals surface area contributed by atoms with E-state index in [9.17, 15) is 0 Å². The van der Waals surface area contributed by atoms with Gasteiger partial charge >= 0.3 is 0 Å². The van der Waals surface area contributed by atoms with Crippen LogP contribution >= 0.6 is 0 Å². The van der Waals surface area contributed by atoms with Crippen molar-refractivity contribution in [2.75, 3.05) is 20.2 Å². The molecule has 2 aromatic rings. The largest absolute Gasteiger partial charge is 0.494 e. The molecule has 1 atom stereocenters. The fraction of sp³-hybridized carbons (Fsp3) is 0.550. The number of rotatable bonds is 8. The van der Waals surface area contributed by atoms with Gasteiger partial charge in [-0.3, -0.25) is 0 Å². The molecule has 3 rings (SSSR count). The zero-order chi connectivity index (χ0) is 16.8. The summed E-state index contributed by atoms with van der Waals surface area (Å²) in [6, 6.07) is 9.17. The lowest BCUT2D eigenvalue weighted by atomic mass is 10.0. The quantitative estimate of drug-likeness (QED) is 0.738. The van der Waals surface area contributed by atoms with E-state index in [1.807, 2.05) is 6.07 Å². The van der Waals surface area contributed by atoms with E-state index in [1.165, 1.54) is 35.9 Å². The first kappa shape index (κ1) is 16.9. The van der Waals surface area contributed by atoms with Gasteiger partial charge in [-0.1, -0.05) is 0 Å². The minimum absolute atomic E-state index is 0.647. The minimum atomic E-state index is 0.647. The molecule has 1 N–H and O–H groups in total. The van der Waals surface area contributed by atoms with Gasteiger partial charge in [-0.15, -0.1) is 0 Å². The molecule has 4 nitrogen and oxygen atoms in total. The molecular formula is C20H27N3O. The first-order valence-electron chi connectivity index (χ1n) is 9.08. The Balaban J connectivity index is 1.60. The number of hydrogen-bond donors (Lipinski definition) is 1. The number of likely N-dealkylation sites (tertiary alicyclic amines) is 1. The molecule has 1 aromatic heterocycles. The molecule has 1 aliphatic heterocycles. The molecule has 4 heteroatoms. The summed E-state index contributed by atoms with van der Waals surface area (Å²) in [5, 5.41) is 9.83. The van der Waals surface area contributed by atoms with E-state index in [0.29, 0.717) is 12.5 Å². The fourth-order valence-corrected chi connectivity index (χ4v) is 3.58. The molecule has 1 unspecified atom stereocenters. The highest BCUT2D eigenvalue weighted by atomic mass is 16.5. The third-order valence-electron chi connectivity index (χ3n) is 5.07. The lowest BCUT2D eigenvalue weighted by molar-refractivity contribution is 0.305. The van der Waals surface area contributed by atoms with Crippen LogP contribution in [0.1, 0.15) is 44.1 Å². The number of benzene rings is 1. The Morgan fingerprint density at radius 2 is 2.25 bits per heavy atom. The second-order valence-electron chi connectivity index (χ2n) is 6.82. The molecular weight excluding hydrogens is 298 g/mol. The Morgan fingerprint density at radius 3 is 3.04 bits per heavy atom. The first-order chi connectivity index (χ1) is 11.8. The van der Waals surface area contributed by atoms with Crippen LogP contribution in [-0.4, -0.2) is 36.1 Å². The average molecular weight is 325 g/mol. The predicted molar refractivity (Wildman–Crippen MR) is 97.2 cm³/mol. The van der Waals surface area contributed by atoms with Crippen LogP contribution in [0.25, 0.3) is 10.9 Å². The van der Waals surface area contributed by atoms with Crippen molar-refractivity contribution in [1.29, 1.82) is 5.26 Å². The number of nitrogens with zero attached hydrogens (tertiary/aromatic N) is 2. The normalized spacial score (nSPS) is 18.1. The zero-order valence-corrected chi connectivity index (χ0v) is 14.6. The molecule has 0 bridgehead atoms. The number of hydrogen-bond acceptors (Lipinski definition) is 3. The summed E-state index contributed by atoms with van der Waals surface area (Å²) >= 11 is 0. The van der Waals surface area contributed by atoms with Crippen molar-refractivity contribution in [2.45, 2.75) is 51.0 Å². The third kappa shape index (κ3) is 4.10. The number of nitriles is 1. The van der Waals surface area contributed by atoms with Gasteiger partial charge in [0.15, 0.2) is 0 Å². The van der Waals surface area contributed by atoms with E-state index in [4.69, 9.17) is 10.00 Å². The molecule has 0 amide bonds. The number of ether oxygens (including phenoxy) is 1. The van der Waals surface area contributed by atoms with Crippen molar-refractivity contribution in [3.63, 3.8) is 0 Å². The molecule has 1 saturated heterocycles. The van der Waals surface area contributed by atoms with E-state index in [1.54, 1.807) is 0 Å². The molecule has 0 aliphatic carbocycles. The highest BCUT2D eigenvalue weighted by Gasteiger charge is 2.22. The molecule has 1 aromatic carbocycles. The van der Waals surface area contributed by atoms with Crippen LogP contribution in [0.15, 0.2) is 24.4 Å². The Labute approximate surface area is 144 Å². The molecule has 128 valence electrons. The highest BCUT2D eigenvalue weighted by Crippen LogP contribution is 2.27. The van der Waals surface area contributed by atoms with E-state index >= 15 is 0 Å². The van der Waals surface area contributed by atoms with Crippen LogP contribution in [0.5, 0.6) is 5.75 Å². The van der Waals surface area contributed by atoms with Crippen molar-refractivity contribution in [3.8, 4) is 11.8 Å². The van der Waals surface area contributed by atoms with Gasteiger partial charge in [0.05, 0.1) is 12.7 Å². The number of likely N-dealkylation sites (N-methyl/N-ethyl adjacent to an activating group) is 1. The van der Waals surface area contributed by atoms with E-state index in [0.717, 1.165) is 38.0 Å². The second-order valence-corrected chi connectivity index (χ2v) is 6.82. The van der Waals surface area contributed by atoms with Gasteiger partial charge in [-0.05, 0) is 75.9 Å². The first-order valence-corrected chi connectivity index (χ1v) is 9.08. The second kappa shape index (κ2) is 8.21. The smallest absolute Gasteiger partial charge is 0.120 e. The minimum Gasteiger partial charge on any atom is -0.494 e. The Bertz CT molecular complexity index is 700. The number of nitrogens with one attached hydrogen (secondary N) is 1. The van der Waals surface area contributed by atoms with Gasteiger partial charge in [0.2, 0.25) is 0 Å². The summed E-state index contributed by atoms with van der Waals surface area (Å²) < 4.78 is 5.90. The number of H-pyrrole nitrogens is 1. The summed E-state index contributed by atoms with van der Waals surface area (Å²) in [5.74, 6) is 0.948. The van der Waals surface area contributed by atoms with E-state index < -0.39 is 0 Å². The molecule has 1 aliphatic rings. The van der Waals surface area contributed by atoms with Crippen LogP contribution < -0.4 is 4.74 Å². The van der Waals surface area contributed by atoms with E-state index in [2.05, 4.69) is 41.3 Å². The predicted octanol–water partition coefficient (Wildman–Crippen LogP) is 4.27. The average Bonchev–Trinajstić information content (AvgIpc) is 3.18. The van der Waals surface area contributed by atoms with Crippen LogP contribution in [0, 0.1) is 11.3 Å². The molecule has 1 fully saturated rings. The maximum atomic E-state index is 8.54.